The highest BCUT2D eigenvalue weighted by molar-refractivity contribution is 6.46. The molecular formula is C98H164B4N10O26. The molecule has 13 N–H and O–H groups in total. The Hall–Kier alpha value is -8.46. The number of nitrogens with one attached hydrogen (secondary N) is 5. The summed E-state index contributed by atoms with van der Waals surface area (Å²) in [6.45, 7) is 44.8. The lowest BCUT2D eigenvalue weighted by Gasteiger charge is -2.47. The van der Waals surface area contributed by atoms with Gasteiger partial charge in [-0.1, -0.05) is 118 Å². The van der Waals surface area contributed by atoms with Gasteiger partial charge in [0.15, 0.2) is 0 Å². The fraction of sp³-hybridized carbons (Fsp3) is 0.755. The molecule has 7 aliphatic rings. The van der Waals surface area contributed by atoms with E-state index >= 15 is 0 Å². The van der Waals surface area contributed by atoms with Crippen molar-refractivity contribution in [1.29, 1.82) is 0 Å². The van der Waals surface area contributed by atoms with E-state index in [1.54, 1.807) is 65.2 Å². The zero-order chi connectivity index (χ0) is 104. The summed E-state index contributed by atoms with van der Waals surface area (Å²) in [6.07, 6.45) is 12.4. The molecule has 0 radical (unpaired) electrons. The summed E-state index contributed by atoms with van der Waals surface area (Å²) in [5.74, 6) is -4.58. The zero-order valence-electron chi connectivity index (χ0n) is 86.8. The van der Waals surface area contributed by atoms with Crippen LogP contribution in [0.25, 0.3) is 0 Å². The number of likely N-dealkylation sites (tertiary alicyclic amines) is 3. The number of nitrogens with two attached hydrogens (primary N) is 2. The van der Waals surface area contributed by atoms with Gasteiger partial charge in [0.25, 0.3) is 0 Å². The van der Waals surface area contributed by atoms with Crippen molar-refractivity contribution in [3.63, 3.8) is 0 Å². The van der Waals surface area contributed by atoms with E-state index < -0.39 is 135 Å². The standard InChI is InChI=1S/C33H52BN3O8.C26H46BN3O8.C25H39BN2O5.C14H27BN2O5/c1-23(35-29(41)43-30(3,4)5)27(39)36-26-17-20-37(24(2)38)33(21-26,28(40)42-22-25-15-11-10-12-16-25)18-13-14-19-34-44-31(6,7)32(8,9)45-34;1-17(28-22(35)36-23(3,4)5)20(32)29-19-12-15-30(18(2)31)26(16-19,21(33)34)13-10-11-14-27-37-24(6,7)25(8,9)38-27;1-19(29)28-16-13-21(27)17-25(28,22(30)31-18-20-11-7-6-8-12-20)14-9-10-15-26-32-23(2,3)24(4,5)33-26;1-10(16)12(18)17-11-5-4-7-14(9-11,13(19)20)6-2-3-8-15(21)22/h10-12,15-16,23,26H,13-14,17-22H2,1-9H3,(H,35,41)(H,36,39);17,19H,10-16H2,1-9H3,(H,28,35)(H,29,32)(H,33,34);6-8,11-12,21H,9-10,13-18,27H2,1-5H3;10-11,21-22H,2-9,16H2,1H3,(H,17,18)(H,19,20)/t23-,26-,33+;17-,19-,26+;21-,25+;10-,11-,14+/m0000/s1. The van der Waals surface area contributed by atoms with Gasteiger partial charge < -0.3 is 120 Å². The van der Waals surface area contributed by atoms with Gasteiger partial charge in [-0.2, -0.15) is 0 Å². The van der Waals surface area contributed by atoms with Crippen LogP contribution in [0.5, 0.6) is 0 Å². The van der Waals surface area contributed by atoms with Crippen molar-refractivity contribution in [2.75, 3.05) is 19.6 Å². The number of alkyl carbamates (subject to hydrolysis) is 2. The Balaban J connectivity index is 0.000000290. The molecule has 1 aliphatic carbocycles. The molecule has 1 saturated carbocycles. The Morgan fingerprint density at radius 1 is 0.449 bits per heavy atom. The minimum atomic E-state index is -1.44. The van der Waals surface area contributed by atoms with Crippen molar-refractivity contribution >= 4 is 100.0 Å². The maximum Gasteiger partial charge on any atom is 0.457 e. The third kappa shape index (κ3) is 34.2. The first-order valence-electron chi connectivity index (χ1n) is 49.5. The molecule has 0 unspecified atom stereocenters. The number of unbranched alkanes of at least 4 members (excludes halogenated alkanes) is 4. The van der Waals surface area contributed by atoms with Crippen molar-refractivity contribution < 1.29 is 125 Å². The Bertz CT molecular complexity index is 4320. The van der Waals surface area contributed by atoms with E-state index in [4.69, 9.17) is 68.4 Å². The molecule has 138 heavy (non-hydrogen) atoms. The molecule has 0 aromatic heterocycles. The summed E-state index contributed by atoms with van der Waals surface area (Å²) in [4.78, 5) is 156. The van der Waals surface area contributed by atoms with Crippen LogP contribution >= 0.6 is 0 Å². The molecule has 0 spiro atoms. The number of nitrogens with zero attached hydrogens (tertiary/aromatic N) is 3. The summed E-state index contributed by atoms with van der Waals surface area (Å²) in [7, 11) is -2.35. The predicted octanol–water partition coefficient (Wildman–Crippen LogP) is 11.7. The molecule has 8 amide bonds. The lowest BCUT2D eigenvalue weighted by molar-refractivity contribution is -0.170. The average Bonchev–Trinajstić information content (AvgIpc) is 1.37. The van der Waals surface area contributed by atoms with Crippen LogP contribution in [0.2, 0.25) is 25.3 Å². The van der Waals surface area contributed by atoms with Gasteiger partial charge in [-0.25, -0.2) is 24.0 Å². The number of amides is 8. The number of ether oxygens (including phenoxy) is 4. The topological polar surface area (TPSA) is 500 Å². The SMILES string of the molecule is CC(=O)N1CC[C@H](N)C[C@]1(CCCCB1OC(C)(C)C(C)(C)O1)C(=O)OCc1ccccc1.CC(=O)N1CC[C@H](NC(=O)[C@H](C)NC(=O)OC(C)(C)C)C[C@]1(CCCCB1OC(C)(C)C(C)(C)O1)C(=O)O.CC(=O)N1CC[C@H](NC(=O)[C@H](C)NC(=O)OC(C)(C)C)C[C@]1(CCCCB1OC(C)(C)C(C)(C)O1)C(=O)OCc1ccccc1.C[C@H](N)C(=O)N[C@H]1CCC[C@@](CCCCB(O)O)(C(=O)O)C1. The smallest absolute Gasteiger partial charge is 0.457 e. The van der Waals surface area contributed by atoms with Gasteiger partial charge in [0, 0.05) is 77.4 Å². The third-order valence-corrected chi connectivity index (χ3v) is 28.3. The minimum absolute atomic E-state index is 0.0644. The Morgan fingerprint density at radius 2 is 0.775 bits per heavy atom. The third-order valence-electron chi connectivity index (χ3n) is 28.3. The quantitative estimate of drug-likeness (QED) is 0.0131. The molecule has 774 valence electrons. The van der Waals surface area contributed by atoms with Crippen LogP contribution < -0.4 is 38.1 Å². The van der Waals surface area contributed by atoms with E-state index in [-0.39, 0.29) is 126 Å². The molecule has 6 aliphatic heterocycles. The highest BCUT2D eigenvalue weighted by Gasteiger charge is 2.57. The number of hydrogen-bond acceptors (Lipinski definition) is 26. The average molecular weight is 1940 g/mol. The number of piperidine rings is 3. The lowest BCUT2D eigenvalue weighted by atomic mass is 9.68. The normalized spacial score (nSPS) is 25.0. The molecule has 9 rings (SSSR count). The molecule has 40 heteroatoms. The number of carboxylic acids is 2. The summed E-state index contributed by atoms with van der Waals surface area (Å²) < 4.78 is 58.6. The molecule has 7 fully saturated rings. The number of benzene rings is 2. The van der Waals surface area contributed by atoms with Gasteiger partial charge in [0.2, 0.25) is 35.4 Å². The Kier molecular flexibility index (Phi) is 43.2. The molecule has 36 nitrogen and oxygen atoms in total. The summed E-state index contributed by atoms with van der Waals surface area (Å²) >= 11 is 0. The molecule has 6 heterocycles. The highest BCUT2D eigenvalue weighted by Crippen LogP contribution is 2.46. The molecule has 11 atom stereocenters. The van der Waals surface area contributed by atoms with Crippen LogP contribution in [-0.4, -0.2) is 258 Å². The Labute approximate surface area is 819 Å². The van der Waals surface area contributed by atoms with Gasteiger partial charge >= 0.3 is 64.5 Å². The van der Waals surface area contributed by atoms with E-state index in [1.807, 2.05) is 144 Å². The molecule has 6 saturated heterocycles. The van der Waals surface area contributed by atoms with Gasteiger partial charge in [-0.05, 0) is 252 Å². The first kappa shape index (κ1) is 118. The predicted molar refractivity (Wildman–Crippen MR) is 525 cm³/mol. The summed E-state index contributed by atoms with van der Waals surface area (Å²) in [5.41, 5.74) is 5.10. The first-order chi connectivity index (χ1) is 63.9. The van der Waals surface area contributed by atoms with E-state index in [0.29, 0.717) is 115 Å². The second-order valence-corrected chi connectivity index (χ2v) is 43.6. The summed E-state index contributed by atoms with van der Waals surface area (Å²) in [5, 5.41) is 51.3. The minimum Gasteiger partial charge on any atom is -0.481 e. The van der Waals surface area contributed by atoms with Gasteiger partial charge in [0.05, 0.1) is 45.1 Å². The first-order valence-corrected chi connectivity index (χ1v) is 49.5. The van der Waals surface area contributed by atoms with Crippen LogP contribution in [0.4, 0.5) is 9.59 Å². The molecule has 2 aromatic rings. The maximum absolute atomic E-state index is 14.0. The van der Waals surface area contributed by atoms with Crippen molar-refractivity contribution in [3.8, 4) is 0 Å². The van der Waals surface area contributed by atoms with E-state index in [1.165, 1.54) is 32.6 Å². The lowest BCUT2D eigenvalue weighted by Crippen LogP contribution is -2.64. The van der Waals surface area contributed by atoms with E-state index in [2.05, 4.69) is 26.6 Å². The zero-order valence-corrected chi connectivity index (χ0v) is 86.8. The van der Waals surface area contributed by atoms with Crippen LogP contribution in [0.1, 0.15) is 319 Å². The second kappa shape index (κ2) is 50.5. The number of rotatable bonds is 36. The van der Waals surface area contributed by atoms with E-state index in [0.717, 1.165) is 43.1 Å². The van der Waals surface area contributed by atoms with Crippen molar-refractivity contribution in [2.45, 2.75) is 450 Å². The van der Waals surface area contributed by atoms with Gasteiger partial charge in [0.1, 0.15) is 53.1 Å². The van der Waals surface area contributed by atoms with Crippen molar-refractivity contribution in [1.82, 2.24) is 41.3 Å². The molecule has 2 aromatic carbocycles. The largest absolute Gasteiger partial charge is 0.481 e. The van der Waals surface area contributed by atoms with E-state index in [9.17, 15) is 67.7 Å². The van der Waals surface area contributed by atoms with Crippen LogP contribution in [0.3, 0.4) is 0 Å². The number of esters is 2. The van der Waals surface area contributed by atoms with Crippen LogP contribution in [0, 0.1) is 5.41 Å². The van der Waals surface area contributed by atoms with Crippen LogP contribution in [-0.2, 0) is 108 Å². The molecule has 0 bridgehead atoms. The monoisotopic (exact) mass is 1940 g/mol. The Morgan fingerprint density at radius 3 is 1.12 bits per heavy atom. The van der Waals surface area contributed by atoms with Gasteiger partial charge in [-0.15, -0.1) is 0 Å². The van der Waals surface area contributed by atoms with Gasteiger partial charge in [-0.3, -0.25) is 33.6 Å². The van der Waals surface area contributed by atoms with Crippen molar-refractivity contribution in [3.05, 3.63) is 71.8 Å². The fourth-order valence-electron chi connectivity index (χ4n) is 18.7. The van der Waals surface area contributed by atoms with Crippen molar-refractivity contribution in [2.24, 2.45) is 16.9 Å². The number of hydrogen-bond donors (Lipinski definition) is 11. The number of carbonyl (C=O) groups is 12. The second-order valence-electron chi connectivity index (χ2n) is 43.6. The molecular weight excluding hydrogens is 1780 g/mol. The number of aliphatic carboxylic acids is 2. The summed E-state index contributed by atoms with van der Waals surface area (Å²) in [6, 6.07) is 15.4. The number of carbonyl (C=O) groups excluding carboxylic acids is 10. The van der Waals surface area contributed by atoms with Crippen LogP contribution in [0.15, 0.2) is 60.7 Å². The maximum atomic E-state index is 14.0. The number of carboxylic acid groups (broad SMARTS) is 2. The highest BCUT2D eigenvalue weighted by atomic mass is 16.7. The fourth-order valence-corrected chi connectivity index (χ4v) is 18.7.